The maximum absolute atomic E-state index is 13.0. The molecule has 3 aromatic heterocycles. The molecule has 6 rings (SSSR count). The molecule has 9 nitrogen and oxygen atoms in total. The van der Waals surface area contributed by atoms with Crippen molar-refractivity contribution in [1.29, 1.82) is 0 Å². The normalized spacial score (nSPS) is 23.6. The van der Waals surface area contributed by atoms with Gasteiger partial charge in [0, 0.05) is 31.1 Å². The Morgan fingerprint density at radius 3 is 2.73 bits per heavy atom. The summed E-state index contributed by atoms with van der Waals surface area (Å²) in [7, 11) is 2.00. The highest BCUT2D eigenvalue weighted by molar-refractivity contribution is 5.87. The molecule has 4 atom stereocenters. The fraction of sp³-hybridized carbons (Fsp3) is 0.536. The SMILES string of the molecule is CN(CCCCc1nc2ccc(C(F)(F)F)cc2[nH]1)C[C@H]1CC(n2ccc3c(NC4CC4)ncnc32)C(O)[C@@H]1O. The Bertz CT molecular complexity index is 1480. The molecule has 0 bridgehead atoms. The molecule has 0 saturated heterocycles. The van der Waals surface area contributed by atoms with Crippen molar-refractivity contribution in [2.24, 2.45) is 5.92 Å². The number of anilines is 1. The Morgan fingerprint density at radius 1 is 1.12 bits per heavy atom. The number of fused-ring (bicyclic) bond motifs is 2. The van der Waals surface area contributed by atoms with E-state index in [9.17, 15) is 23.4 Å². The predicted molar refractivity (Wildman–Crippen MR) is 145 cm³/mol. The van der Waals surface area contributed by atoms with Crippen molar-refractivity contribution < 1.29 is 23.4 Å². The van der Waals surface area contributed by atoms with E-state index in [-0.39, 0.29) is 12.0 Å². The van der Waals surface area contributed by atoms with Crippen molar-refractivity contribution in [3.63, 3.8) is 0 Å². The quantitative estimate of drug-likeness (QED) is 0.217. The number of halogens is 3. The number of rotatable bonds is 10. The first-order chi connectivity index (χ1) is 19.2. The Kier molecular flexibility index (Phi) is 7.18. The van der Waals surface area contributed by atoms with Crippen LogP contribution < -0.4 is 5.32 Å². The van der Waals surface area contributed by atoms with Crippen LogP contribution in [0.5, 0.6) is 0 Å². The number of nitrogens with zero attached hydrogens (tertiary/aromatic N) is 5. The number of alkyl halides is 3. The van der Waals surface area contributed by atoms with E-state index < -0.39 is 23.9 Å². The van der Waals surface area contributed by atoms with E-state index in [0.717, 1.165) is 61.2 Å². The molecule has 0 spiro atoms. The van der Waals surface area contributed by atoms with Crippen molar-refractivity contribution in [3.8, 4) is 0 Å². The smallest absolute Gasteiger partial charge is 0.390 e. The van der Waals surface area contributed by atoms with E-state index in [1.165, 1.54) is 12.4 Å². The summed E-state index contributed by atoms with van der Waals surface area (Å²) >= 11 is 0. The van der Waals surface area contributed by atoms with E-state index in [1.807, 2.05) is 23.9 Å². The van der Waals surface area contributed by atoms with E-state index in [1.54, 1.807) is 0 Å². The lowest BCUT2D eigenvalue weighted by Gasteiger charge is -2.23. The van der Waals surface area contributed by atoms with Crippen LogP contribution in [-0.4, -0.2) is 78.0 Å². The second-order valence-corrected chi connectivity index (χ2v) is 11.3. The summed E-state index contributed by atoms with van der Waals surface area (Å²) in [5, 5.41) is 26.2. The topological polar surface area (TPSA) is 115 Å². The molecule has 2 fully saturated rings. The number of benzene rings is 1. The summed E-state index contributed by atoms with van der Waals surface area (Å²) < 4.78 is 40.9. The van der Waals surface area contributed by atoms with E-state index in [2.05, 4.69) is 30.2 Å². The number of aliphatic hydroxyl groups excluding tert-OH is 2. The largest absolute Gasteiger partial charge is 0.416 e. The monoisotopic (exact) mass is 557 g/mol. The molecule has 0 radical (unpaired) electrons. The number of unbranched alkanes of at least 4 members (excludes halogenated alkanes) is 1. The number of hydrogen-bond donors (Lipinski definition) is 4. The van der Waals surface area contributed by atoms with Crippen LogP contribution in [0.1, 0.15) is 49.5 Å². The molecule has 2 aliphatic rings. The van der Waals surface area contributed by atoms with Gasteiger partial charge in [-0.3, -0.25) is 0 Å². The van der Waals surface area contributed by atoms with Gasteiger partial charge >= 0.3 is 6.18 Å². The van der Waals surface area contributed by atoms with Gasteiger partial charge in [0.1, 0.15) is 29.7 Å². The van der Waals surface area contributed by atoms with Crippen molar-refractivity contribution in [1.82, 2.24) is 29.4 Å². The molecule has 40 heavy (non-hydrogen) atoms. The third-order valence-electron chi connectivity index (χ3n) is 8.16. The standard InChI is InChI=1S/C28H34F3N7O2/c1-37(10-3-2-4-23-35-20-8-5-17(28(29,30)31)13-21(20)36-23)14-16-12-22(25(40)24(16)39)38-11-9-19-26(34-18-6-7-18)32-15-33-27(19)38/h5,8-9,11,13,15-16,18,22,24-25,39-40H,2-4,6-7,10,12,14H2,1H3,(H,35,36)(H,32,33,34)/t16-,22?,24-,25?/m1/s1. The van der Waals surface area contributed by atoms with Gasteiger partial charge in [0.2, 0.25) is 0 Å². The van der Waals surface area contributed by atoms with Gasteiger partial charge in [-0.2, -0.15) is 13.2 Å². The van der Waals surface area contributed by atoms with Gasteiger partial charge in [-0.25, -0.2) is 15.0 Å². The number of aromatic nitrogens is 5. The predicted octanol–water partition coefficient (Wildman–Crippen LogP) is 4.14. The molecule has 2 saturated carbocycles. The van der Waals surface area contributed by atoms with Crippen molar-refractivity contribution >= 4 is 27.9 Å². The minimum atomic E-state index is -4.38. The van der Waals surface area contributed by atoms with Gasteiger partial charge in [0.25, 0.3) is 0 Å². The number of H-pyrrole nitrogens is 1. The van der Waals surface area contributed by atoms with Crippen LogP contribution in [0.4, 0.5) is 19.0 Å². The lowest BCUT2D eigenvalue weighted by molar-refractivity contribution is -0.137. The summed E-state index contributed by atoms with van der Waals surface area (Å²) in [5.74, 6) is 1.39. The summed E-state index contributed by atoms with van der Waals surface area (Å²) in [6.07, 6.45) is 2.58. The van der Waals surface area contributed by atoms with E-state index >= 15 is 0 Å². The number of imidazole rings is 1. The van der Waals surface area contributed by atoms with Crippen LogP contribution in [0.3, 0.4) is 0 Å². The fourth-order valence-corrected chi connectivity index (χ4v) is 5.85. The second-order valence-electron chi connectivity index (χ2n) is 11.3. The van der Waals surface area contributed by atoms with Gasteiger partial charge in [0.05, 0.1) is 34.1 Å². The first-order valence-corrected chi connectivity index (χ1v) is 13.9. The minimum Gasteiger partial charge on any atom is -0.390 e. The lowest BCUT2D eigenvalue weighted by Crippen LogP contribution is -2.35. The molecule has 12 heteroatoms. The van der Waals surface area contributed by atoms with Gasteiger partial charge < -0.3 is 30.0 Å². The molecule has 1 aromatic carbocycles. The summed E-state index contributed by atoms with van der Waals surface area (Å²) in [6.45, 7) is 1.43. The third-order valence-corrected chi connectivity index (χ3v) is 8.16. The zero-order valence-corrected chi connectivity index (χ0v) is 22.3. The average molecular weight is 558 g/mol. The van der Waals surface area contributed by atoms with Crippen molar-refractivity contribution in [2.45, 2.75) is 69.0 Å². The van der Waals surface area contributed by atoms with Crippen LogP contribution in [0.25, 0.3) is 22.1 Å². The van der Waals surface area contributed by atoms with Crippen LogP contribution >= 0.6 is 0 Å². The van der Waals surface area contributed by atoms with Gasteiger partial charge in [-0.05, 0) is 70.0 Å². The van der Waals surface area contributed by atoms with Crippen molar-refractivity contribution in [3.05, 3.63) is 48.2 Å². The molecule has 214 valence electrons. The van der Waals surface area contributed by atoms with Crippen LogP contribution in [0.15, 0.2) is 36.8 Å². The average Bonchev–Trinajstić information content (AvgIpc) is 3.36. The highest BCUT2D eigenvalue weighted by Gasteiger charge is 2.43. The summed E-state index contributed by atoms with van der Waals surface area (Å²) in [5.41, 5.74) is 0.985. The molecular weight excluding hydrogens is 523 g/mol. The molecule has 4 aromatic rings. The first kappa shape index (κ1) is 27.0. The summed E-state index contributed by atoms with van der Waals surface area (Å²) in [6, 6.07) is 5.70. The Labute approximate surface area is 229 Å². The Hall–Kier alpha value is -3.22. The number of hydrogen-bond acceptors (Lipinski definition) is 7. The van der Waals surface area contributed by atoms with E-state index in [0.29, 0.717) is 42.3 Å². The molecular formula is C28H34F3N7O2. The minimum absolute atomic E-state index is 0.0912. The lowest BCUT2D eigenvalue weighted by atomic mass is 10.0. The van der Waals surface area contributed by atoms with E-state index in [4.69, 9.17) is 0 Å². The Morgan fingerprint density at radius 2 is 1.95 bits per heavy atom. The molecule has 2 unspecified atom stereocenters. The maximum atomic E-state index is 13.0. The highest BCUT2D eigenvalue weighted by Crippen LogP contribution is 2.38. The maximum Gasteiger partial charge on any atom is 0.416 e. The second kappa shape index (κ2) is 10.6. The fourth-order valence-electron chi connectivity index (χ4n) is 5.85. The third kappa shape index (κ3) is 5.52. The van der Waals surface area contributed by atoms with Gasteiger partial charge in [-0.1, -0.05) is 0 Å². The van der Waals surface area contributed by atoms with Gasteiger partial charge in [0.15, 0.2) is 0 Å². The Balaban J connectivity index is 1.01. The first-order valence-electron chi connectivity index (χ1n) is 13.9. The number of aliphatic hydroxyl groups is 2. The number of aryl methyl sites for hydroxylation is 1. The zero-order chi connectivity index (χ0) is 28.0. The van der Waals surface area contributed by atoms with Crippen LogP contribution in [-0.2, 0) is 12.6 Å². The highest BCUT2D eigenvalue weighted by atomic mass is 19.4. The molecule has 2 aliphatic carbocycles. The molecule has 4 N–H and O–H groups in total. The molecule has 0 aliphatic heterocycles. The number of aromatic amines is 1. The summed E-state index contributed by atoms with van der Waals surface area (Å²) in [4.78, 5) is 18.5. The zero-order valence-electron chi connectivity index (χ0n) is 22.3. The molecule has 3 heterocycles. The van der Waals surface area contributed by atoms with Crippen molar-refractivity contribution in [2.75, 3.05) is 25.5 Å². The van der Waals surface area contributed by atoms with Crippen LogP contribution in [0.2, 0.25) is 0 Å². The van der Waals surface area contributed by atoms with Gasteiger partial charge in [-0.15, -0.1) is 0 Å². The molecule has 0 amide bonds. The van der Waals surface area contributed by atoms with Crippen LogP contribution in [0, 0.1) is 5.92 Å². The number of nitrogens with one attached hydrogen (secondary N) is 2.